The number of rotatable bonds is 3. The molecule has 7 saturated carbocycles. The maximum atomic E-state index is 13.5. The van der Waals surface area contributed by atoms with Crippen molar-refractivity contribution in [1.82, 2.24) is 0 Å². The Bertz CT molecular complexity index is 943. The average Bonchev–Trinajstić information content (AvgIpc) is 3.07. The van der Waals surface area contributed by atoms with Gasteiger partial charge in [0, 0.05) is 0 Å². The van der Waals surface area contributed by atoms with Crippen molar-refractivity contribution in [3.05, 3.63) is 30.3 Å². The number of ether oxygens (including phenoxy) is 1. The van der Waals surface area contributed by atoms with E-state index in [1.54, 1.807) is 24.3 Å². The zero-order valence-electron chi connectivity index (χ0n) is 14.0. The fourth-order valence-corrected chi connectivity index (χ4v) is 11.8. The molecule has 1 aromatic carbocycles. The van der Waals surface area contributed by atoms with Gasteiger partial charge in [-0.05, 0) is 71.3 Å². The van der Waals surface area contributed by atoms with Crippen molar-refractivity contribution in [2.24, 2.45) is 52.3 Å². The first-order valence-corrected chi connectivity index (χ1v) is 11.0. The summed E-state index contributed by atoms with van der Waals surface area (Å²) in [5.41, 5.74) is 0.638. The highest BCUT2D eigenvalue weighted by atomic mass is 32.2. The van der Waals surface area contributed by atoms with Gasteiger partial charge in [0.15, 0.2) is 9.84 Å². The van der Waals surface area contributed by atoms with Crippen molar-refractivity contribution in [3.63, 3.8) is 0 Å². The van der Waals surface area contributed by atoms with Gasteiger partial charge in [-0.25, -0.2) is 8.42 Å². The molecule has 10 atom stereocenters. The molecule has 7 aliphatic carbocycles. The number of carbonyl (C=O) groups is 1. The molecule has 7 fully saturated rings. The number of hydrogen-bond acceptors (Lipinski definition) is 4. The molecule has 0 saturated heterocycles. The predicted octanol–water partition coefficient (Wildman–Crippen LogP) is 2.15. The van der Waals surface area contributed by atoms with Crippen molar-refractivity contribution >= 4 is 15.8 Å². The maximum absolute atomic E-state index is 13.5. The van der Waals surface area contributed by atoms with Crippen LogP contribution in [0.25, 0.3) is 0 Å². The number of benzene rings is 1. The van der Waals surface area contributed by atoms with E-state index < -0.39 is 21.0 Å². The molecule has 130 valence electrons. The molecule has 0 aromatic heterocycles. The van der Waals surface area contributed by atoms with Crippen molar-refractivity contribution < 1.29 is 17.9 Å². The predicted molar refractivity (Wildman–Crippen MR) is 88.0 cm³/mol. The first-order valence-electron chi connectivity index (χ1n) is 9.40. The molecule has 7 aliphatic rings. The molecule has 8 rings (SSSR count). The summed E-state index contributed by atoms with van der Waals surface area (Å²) in [6.07, 6.45) is 2.23. The number of hydrogen-bond donors (Lipinski definition) is 0. The third kappa shape index (κ3) is 1.01. The smallest absolute Gasteiger partial charge is 0.310 e. The van der Waals surface area contributed by atoms with Crippen LogP contribution < -0.4 is 0 Å². The van der Waals surface area contributed by atoms with Crippen molar-refractivity contribution in [2.75, 3.05) is 7.11 Å². The Labute approximate surface area is 146 Å². The van der Waals surface area contributed by atoms with Gasteiger partial charge in [-0.2, -0.15) is 0 Å². The minimum absolute atomic E-state index is 0.172. The largest absolute Gasteiger partial charge is 0.469 e. The highest BCUT2D eigenvalue weighted by Crippen LogP contribution is 3.12. The highest BCUT2D eigenvalue weighted by Gasteiger charge is 3.10. The standard InChI is InChI=1S/C20H20O4S/c1-24-18(21)14-10-7-13(17(14)25(22,23)9-5-3-2-4-6-9)20-12-8-11-15(16(12)20)19(10,11)20/h2-6,10-17H,7-8H2,1H3. The Balaban J connectivity index is 1.41. The van der Waals surface area contributed by atoms with E-state index >= 15 is 0 Å². The molecular weight excluding hydrogens is 336 g/mol. The van der Waals surface area contributed by atoms with E-state index in [0.29, 0.717) is 15.7 Å². The monoisotopic (exact) mass is 356 g/mol. The van der Waals surface area contributed by atoms with Crippen LogP contribution in [0.1, 0.15) is 12.8 Å². The Morgan fingerprint density at radius 3 is 2.20 bits per heavy atom. The first-order chi connectivity index (χ1) is 12.0. The summed E-state index contributed by atoms with van der Waals surface area (Å²) < 4.78 is 32.2. The van der Waals surface area contributed by atoms with E-state index in [1.165, 1.54) is 13.5 Å². The van der Waals surface area contributed by atoms with E-state index in [4.69, 9.17) is 4.74 Å². The summed E-state index contributed by atoms with van der Waals surface area (Å²) in [5, 5.41) is -0.578. The van der Waals surface area contributed by atoms with Gasteiger partial charge >= 0.3 is 5.97 Å². The maximum Gasteiger partial charge on any atom is 0.310 e. The third-order valence-electron chi connectivity index (χ3n) is 9.45. The first kappa shape index (κ1) is 13.8. The van der Waals surface area contributed by atoms with E-state index in [0.717, 1.165) is 30.1 Å². The lowest BCUT2D eigenvalue weighted by molar-refractivity contribution is -0.150. The molecule has 0 amide bonds. The molecule has 0 heterocycles. The quantitative estimate of drug-likeness (QED) is 0.779. The van der Waals surface area contributed by atoms with Gasteiger partial charge in [0.1, 0.15) is 0 Å². The second-order valence-electron chi connectivity index (χ2n) is 9.19. The second kappa shape index (κ2) is 3.55. The number of carbonyl (C=O) groups excluding carboxylic acids is 1. The molecule has 0 aliphatic heterocycles. The van der Waals surface area contributed by atoms with Gasteiger partial charge in [-0.15, -0.1) is 0 Å². The van der Waals surface area contributed by atoms with Crippen molar-refractivity contribution in [1.29, 1.82) is 0 Å². The van der Waals surface area contributed by atoms with Gasteiger partial charge in [-0.1, -0.05) is 18.2 Å². The Morgan fingerprint density at radius 2 is 1.60 bits per heavy atom. The van der Waals surface area contributed by atoms with Gasteiger partial charge in [0.25, 0.3) is 0 Å². The minimum Gasteiger partial charge on any atom is -0.469 e. The number of methoxy groups -OCH3 is 1. The summed E-state index contributed by atoms with van der Waals surface area (Å²) in [7, 11) is -2.12. The molecule has 4 nitrogen and oxygen atoms in total. The lowest BCUT2D eigenvalue weighted by atomic mass is 9.60. The molecule has 25 heavy (non-hydrogen) atoms. The number of fused-ring (bicyclic) bond motifs is 2. The topological polar surface area (TPSA) is 60.4 Å². The second-order valence-corrected chi connectivity index (χ2v) is 11.3. The fraction of sp³-hybridized carbons (Fsp3) is 0.650. The Morgan fingerprint density at radius 1 is 1.00 bits per heavy atom. The lowest BCUT2D eigenvalue weighted by Gasteiger charge is -2.46. The minimum atomic E-state index is -3.52. The average molecular weight is 356 g/mol. The molecular formula is C20H20O4S. The lowest BCUT2D eigenvalue weighted by Crippen LogP contribution is -2.52. The molecule has 0 radical (unpaired) electrons. The molecule has 10 unspecified atom stereocenters. The number of esters is 1. The van der Waals surface area contributed by atoms with Gasteiger partial charge in [-0.3, -0.25) is 4.79 Å². The zero-order valence-corrected chi connectivity index (χ0v) is 14.8. The Kier molecular flexibility index (Phi) is 1.96. The summed E-state index contributed by atoms with van der Waals surface area (Å²) in [6.45, 7) is 0. The van der Waals surface area contributed by atoms with Gasteiger partial charge in [0.2, 0.25) is 0 Å². The van der Waals surface area contributed by atoms with Crippen molar-refractivity contribution in [3.8, 4) is 0 Å². The van der Waals surface area contributed by atoms with Gasteiger partial charge < -0.3 is 4.74 Å². The van der Waals surface area contributed by atoms with Crippen LogP contribution in [0, 0.1) is 52.3 Å². The van der Waals surface area contributed by atoms with Crippen LogP contribution in [0.2, 0.25) is 0 Å². The molecule has 5 heteroatoms. The summed E-state index contributed by atoms with van der Waals surface area (Å²) in [5.74, 6) is 2.83. The van der Waals surface area contributed by atoms with E-state index in [9.17, 15) is 13.2 Å². The molecule has 2 spiro atoms. The highest BCUT2D eigenvalue weighted by molar-refractivity contribution is 7.92. The van der Waals surface area contributed by atoms with Crippen molar-refractivity contribution in [2.45, 2.75) is 23.0 Å². The molecule has 4 bridgehead atoms. The summed E-state index contributed by atoms with van der Waals surface area (Å²) >= 11 is 0. The summed E-state index contributed by atoms with van der Waals surface area (Å²) in [4.78, 5) is 13.0. The van der Waals surface area contributed by atoms with Crippen LogP contribution >= 0.6 is 0 Å². The van der Waals surface area contributed by atoms with Crippen LogP contribution in [-0.4, -0.2) is 26.7 Å². The van der Waals surface area contributed by atoms with Crippen LogP contribution in [0.3, 0.4) is 0 Å². The number of sulfone groups is 1. The van der Waals surface area contributed by atoms with Gasteiger partial charge in [0.05, 0.1) is 23.2 Å². The normalized spacial score (nSPS) is 57.5. The zero-order chi connectivity index (χ0) is 16.9. The fourth-order valence-electron chi connectivity index (χ4n) is 9.49. The van der Waals surface area contributed by atoms with E-state index in [1.807, 2.05) is 6.07 Å². The SMILES string of the molecule is COC(=O)C1C2CC(C1S(=O)(=O)c1ccccc1)C13C4CC5C(C41)C253. The van der Waals surface area contributed by atoms with E-state index in [2.05, 4.69) is 0 Å². The van der Waals surface area contributed by atoms with E-state index in [-0.39, 0.29) is 17.8 Å². The Hall–Kier alpha value is -1.36. The summed E-state index contributed by atoms with van der Waals surface area (Å²) in [6, 6.07) is 8.72. The third-order valence-corrected chi connectivity index (χ3v) is 11.7. The van der Waals surface area contributed by atoms with Crippen LogP contribution in [0.4, 0.5) is 0 Å². The van der Waals surface area contributed by atoms with Crippen LogP contribution in [0.15, 0.2) is 35.2 Å². The molecule has 1 aromatic rings. The molecule has 0 N–H and O–H groups in total. The van der Waals surface area contributed by atoms with Crippen LogP contribution in [0.5, 0.6) is 0 Å². The van der Waals surface area contributed by atoms with Crippen LogP contribution in [-0.2, 0) is 19.4 Å².